The van der Waals surface area contributed by atoms with Gasteiger partial charge in [-0.25, -0.2) is 4.98 Å². The number of nitrogens with zero attached hydrogens (tertiary/aromatic N) is 3. The maximum absolute atomic E-state index is 11.6. The summed E-state index contributed by atoms with van der Waals surface area (Å²) in [5, 5.41) is 7.33. The van der Waals surface area contributed by atoms with E-state index in [0.29, 0.717) is 18.0 Å². The van der Waals surface area contributed by atoms with Crippen molar-refractivity contribution in [3.63, 3.8) is 0 Å². The molecule has 0 saturated carbocycles. The van der Waals surface area contributed by atoms with Gasteiger partial charge >= 0.3 is 0 Å². The van der Waals surface area contributed by atoms with Crippen LogP contribution in [0.2, 0.25) is 5.02 Å². The number of carbonyl (C=O) groups is 1. The maximum Gasteiger partial charge on any atom is 0.226 e. The van der Waals surface area contributed by atoms with E-state index in [1.54, 1.807) is 35.3 Å². The number of hydrogen-bond donors (Lipinski definition) is 1. The number of hydrogen-bond acceptors (Lipinski definition) is 3. The lowest BCUT2D eigenvalue weighted by Crippen LogP contribution is -2.14. The van der Waals surface area contributed by atoms with Crippen LogP contribution in [-0.4, -0.2) is 20.7 Å². The van der Waals surface area contributed by atoms with Gasteiger partial charge in [0.2, 0.25) is 5.91 Å². The molecule has 0 fully saturated rings. The van der Waals surface area contributed by atoms with E-state index in [0.717, 1.165) is 5.69 Å². The fourth-order valence-electron chi connectivity index (χ4n) is 1.32. The summed E-state index contributed by atoms with van der Waals surface area (Å²) in [5.41, 5.74) is 0.734. The molecule has 0 aliphatic heterocycles. The molecule has 1 heterocycles. The van der Waals surface area contributed by atoms with Gasteiger partial charge in [-0.1, -0.05) is 11.6 Å². The van der Waals surface area contributed by atoms with Gasteiger partial charge in [0.05, 0.1) is 6.54 Å². The molecule has 0 radical (unpaired) electrons. The Morgan fingerprint density at radius 2 is 2.12 bits per heavy atom. The summed E-state index contributed by atoms with van der Waals surface area (Å²) in [6.45, 7) is 0.513. The lowest BCUT2D eigenvalue weighted by molar-refractivity contribution is -0.116. The van der Waals surface area contributed by atoms with E-state index in [1.807, 2.05) is 0 Å². The molecule has 1 amide bonds. The first-order valence-corrected chi connectivity index (χ1v) is 5.50. The van der Waals surface area contributed by atoms with Crippen LogP contribution in [0.15, 0.2) is 36.9 Å². The highest BCUT2D eigenvalue weighted by molar-refractivity contribution is 6.30. The summed E-state index contributed by atoms with van der Waals surface area (Å²) >= 11 is 5.75. The summed E-state index contributed by atoms with van der Waals surface area (Å²) < 4.78 is 1.61. The van der Waals surface area contributed by atoms with E-state index in [4.69, 9.17) is 11.6 Å². The fraction of sp³-hybridized carbons (Fsp3) is 0.182. The molecule has 2 aromatic rings. The van der Waals surface area contributed by atoms with Gasteiger partial charge in [-0.15, -0.1) is 0 Å². The van der Waals surface area contributed by atoms with Crippen LogP contribution in [0, 0.1) is 0 Å². The topological polar surface area (TPSA) is 59.8 Å². The van der Waals surface area contributed by atoms with Crippen LogP contribution >= 0.6 is 11.6 Å². The van der Waals surface area contributed by atoms with Crippen molar-refractivity contribution < 1.29 is 4.79 Å². The number of aryl methyl sites for hydroxylation is 1. The molecule has 0 saturated heterocycles. The maximum atomic E-state index is 11.6. The molecule has 5 nitrogen and oxygen atoms in total. The molecular weight excluding hydrogens is 240 g/mol. The first kappa shape index (κ1) is 11.6. The number of carbonyl (C=O) groups excluding carboxylic acids is 1. The largest absolute Gasteiger partial charge is 0.326 e. The number of anilines is 1. The van der Waals surface area contributed by atoms with Crippen LogP contribution < -0.4 is 5.32 Å². The summed E-state index contributed by atoms with van der Waals surface area (Å²) in [5.74, 6) is -0.0668. The minimum atomic E-state index is -0.0668. The SMILES string of the molecule is O=C(CCn1cncn1)Nc1ccc(Cl)cc1. The van der Waals surface area contributed by atoms with Crippen LogP contribution in [0.4, 0.5) is 5.69 Å². The predicted molar refractivity (Wildman–Crippen MR) is 64.7 cm³/mol. The molecule has 0 aliphatic carbocycles. The zero-order valence-corrected chi connectivity index (χ0v) is 9.76. The van der Waals surface area contributed by atoms with Crippen LogP contribution in [0.1, 0.15) is 6.42 Å². The van der Waals surface area contributed by atoms with Crippen LogP contribution in [0.3, 0.4) is 0 Å². The average molecular weight is 251 g/mol. The smallest absolute Gasteiger partial charge is 0.226 e. The third kappa shape index (κ3) is 3.57. The molecule has 1 aromatic heterocycles. The monoisotopic (exact) mass is 250 g/mol. The standard InChI is InChI=1S/C11H11ClN4O/c12-9-1-3-10(4-2-9)15-11(17)5-6-16-8-13-7-14-16/h1-4,7-8H,5-6H2,(H,15,17). The number of halogens is 1. The van der Waals surface area contributed by atoms with Crippen molar-refractivity contribution in [2.24, 2.45) is 0 Å². The molecule has 17 heavy (non-hydrogen) atoms. The minimum absolute atomic E-state index is 0.0668. The van der Waals surface area contributed by atoms with Crippen molar-refractivity contribution in [1.29, 1.82) is 0 Å². The van der Waals surface area contributed by atoms with Gasteiger partial charge in [0, 0.05) is 17.1 Å². The van der Waals surface area contributed by atoms with Gasteiger partial charge in [-0.05, 0) is 24.3 Å². The highest BCUT2D eigenvalue weighted by Crippen LogP contribution is 2.13. The summed E-state index contributed by atoms with van der Waals surface area (Å²) in [6.07, 6.45) is 3.37. The molecule has 0 atom stereocenters. The average Bonchev–Trinajstić information content (AvgIpc) is 2.83. The lowest BCUT2D eigenvalue weighted by atomic mass is 10.3. The molecule has 1 N–H and O–H groups in total. The fourth-order valence-corrected chi connectivity index (χ4v) is 1.45. The zero-order valence-electron chi connectivity index (χ0n) is 9.01. The quantitative estimate of drug-likeness (QED) is 0.902. The van der Waals surface area contributed by atoms with E-state index in [-0.39, 0.29) is 5.91 Å². The van der Waals surface area contributed by atoms with E-state index in [2.05, 4.69) is 15.4 Å². The summed E-state index contributed by atoms with van der Waals surface area (Å²) in [7, 11) is 0. The van der Waals surface area contributed by atoms with Crippen molar-refractivity contribution in [2.75, 3.05) is 5.32 Å². The van der Waals surface area contributed by atoms with Crippen molar-refractivity contribution in [3.05, 3.63) is 41.9 Å². The molecular formula is C11H11ClN4O. The Morgan fingerprint density at radius 3 is 2.76 bits per heavy atom. The van der Waals surface area contributed by atoms with Gasteiger partial charge in [-0.2, -0.15) is 5.10 Å². The van der Waals surface area contributed by atoms with Gasteiger partial charge in [0.25, 0.3) is 0 Å². The van der Waals surface area contributed by atoms with Crippen molar-refractivity contribution >= 4 is 23.2 Å². The van der Waals surface area contributed by atoms with Crippen molar-refractivity contribution in [1.82, 2.24) is 14.8 Å². The second kappa shape index (κ2) is 5.45. The molecule has 0 bridgehead atoms. The number of nitrogens with one attached hydrogen (secondary N) is 1. The normalized spacial score (nSPS) is 10.2. The number of benzene rings is 1. The highest BCUT2D eigenvalue weighted by atomic mass is 35.5. The van der Waals surface area contributed by atoms with Gasteiger partial charge in [-0.3, -0.25) is 9.48 Å². The number of rotatable bonds is 4. The number of amides is 1. The summed E-state index contributed by atoms with van der Waals surface area (Å²) in [6, 6.07) is 6.98. The van der Waals surface area contributed by atoms with E-state index >= 15 is 0 Å². The van der Waals surface area contributed by atoms with Crippen molar-refractivity contribution in [2.45, 2.75) is 13.0 Å². The zero-order chi connectivity index (χ0) is 12.1. The van der Waals surface area contributed by atoms with E-state index < -0.39 is 0 Å². The van der Waals surface area contributed by atoms with Crippen LogP contribution in [0.5, 0.6) is 0 Å². The predicted octanol–water partition coefficient (Wildman–Crippen LogP) is 1.96. The molecule has 88 valence electrons. The molecule has 0 spiro atoms. The van der Waals surface area contributed by atoms with Crippen LogP contribution in [-0.2, 0) is 11.3 Å². The molecule has 6 heteroatoms. The Kier molecular flexibility index (Phi) is 3.72. The molecule has 2 rings (SSSR count). The number of aromatic nitrogens is 3. The first-order valence-electron chi connectivity index (χ1n) is 5.12. The lowest BCUT2D eigenvalue weighted by Gasteiger charge is -2.05. The molecule has 0 aliphatic rings. The molecule has 0 unspecified atom stereocenters. The second-order valence-electron chi connectivity index (χ2n) is 3.46. The Morgan fingerprint density at radius 1 is 1.35 bits per heavy atom. The summed E-state index contributed by atoms with van der Waals surface area (Å²) in [4.78, 5) is 15.4. The Labute approximate surface area is 103 Å². The van der Waals surface area contributed by atoms with Gasteiger partial charge in [0.15, 0.2) is 0 Å². The molecule has 1 aromatic carbocycles. The van der Waals surface area contributed by atoms with Gasteiger partial charge < -0.3 is 5.32 Å². The van der Waals surface area contributed by atoms with Gasteiger partial charge in [0.1, 0.15) is 12.7 Å². The van der Waals surface area contributed by atoms with E-state index in [9.17, 15) is 4.79 Å². The first-order chi connectivity index (χ1) is 8.24. The minimum Gasteiger partial charge on any atom is -0.326 e. The Balaban J connectivity index is 1.83. The Hall–Kier alpha value is -1.88. The highest BCUT2D eigenvalue weighted by Gasteiger charge is 2.02. The van der Waals surface area contributed by atoms with E-state index in [1.165, 1.54) is 6.33 Å². The van der Waals surface area contributed by atoms with Crippen LogP contribution in [0.25, 0.3) is 0 Å². The second-order valence-corrected chi connectivity index (χ2v) is 3.90. The third-order valence-electron chi connectivity index (χ3n) is 2.16. The third-order valence-corrected chi connectivity index (χ3v) is 2.41. The van der Waals surface area contributed by atoms with Crippen molar-refractivity contribution in [3.8, 4) is 0 Å². The Bertz CT molecular complexity index is 481.